The zero-order valence-electron chi connectivity index (χ0n) is 17.9. The average Bonchev–Trinajstić information content (AvgIpc) is 3.20. The van der Waals surface area contributed by atoms with Crippen molar-refractivity contribution < 1.29 is 14.5 Å². The maximum atomic E-state index is 13.0. The van der Waals surface area contributed by atoms with Crippen molar-refractivity contribution in [1.82, 2.24) is 13.8 Å². The zero-order chi connectivity index (χ0) is 23.9. The Morgan fingerprint density at radius 2 is 1.76 bits per heavy atom. The Morgan fingerprint density at radius 1 is 1.06 bits per heavy atom. The van der Waals surface area contributed by atoms with Crippen LogP contribution in [0.2, 0.25) is 0 Å². The van der Waals surface area contributed by atoms with E-state index < -0.39 is 22.1 Å². The fourth-order valence-corrected chi connectivity index (χ4v) is 3.60. The van der Waals surface area contributed by atoms with Gasteiger partial charge in [-0.05, 0) is 24.3 Å². The lowest BCUT2D eigenvalue weighted by molar-refractivity contribution is -0.384. The monoisotopic (exact) mass is 449 g/mol. The zero-order valence-corrected chi connectivity index (χ0v) is 17.9. The molecular weight excluding hydrogens is 430 g/mol. The topological polar surface area (TPSA) is 130 Å². The van der Waals surface area contributed by atoms with E-state index in [0.717, 1.165) is 4.57 Å². The first-order chi connectivity index (χ1) is 15.7. The third-order valence-corrected chi connectivity index (χ3v) is 5.34. The van der Waals surface area contributed by atoms with Crippen LogP contribution < -0.4 is 21.4 Å². The van der Waals surface area contributed by atoms with Gasteiger partial charge in [-0.1, -0.05) is 12.1 Å². The van der Waals surface area contributed by atoms with Crippen molar-refractivity contribution in [2.75, 3.05) is 12.5 Å². The number of rotatable bonds is 5. The number of fused-ring (bicyclic) bond motifs is 1. The average molecular weight is 449 g/mol. The molecule has 2 aromatic carbocycles. The quantitative estimate of drug-likeness (QED) is 0.366. The molecule has 0 fully saturated rings. The summed E-state index contributed by atoms with van der Waals surface area (Å²) < 4.78 is 8.62. The van der Waals surface area contributed by atoms with Crippen molar-refractivity contribution in [2.45, 2.75) is 0 Å². The van der Waals surface area contributed by atoms with Crippen LogP contribution in [0.3, 0.4) is 0 Å². The second-order valence-corrected chi connectivity index (χ2v) is 7.29. The Kier molecular flexibility index (Phi) is 5.30. The number of benzene rings is 2. The molecule has 0 radical (unpaired) electrons. The van der Waals surface area contributed by atoms with Gasteiger partial charge in [0.25, 0.3) is 17.2 Å². The first-order valence-electron chi connectivity index (χ1n) is 9.74. The van der Waals surface area contributed by atoms with Crippen LogP contribution >= 0.6 is 0 Å². The Labute approximate surface area is 186 Å². The lowest BCUT2D eigenvalue weighted by Gasteiger charge is -2.12. The van der Waals surface area contributed by atoms with Gasteiger partial charge < -0.3 is 4.74 Å². The largest absolute Gasteiger partial charge is 0.497 e. The highest BCUT2D eigenvalue weighted by Gasteiger charge is 2.22. The molecule has 33 heavy (non-hydrogen) atoms. The van der Waals surface area contributed by atoms with Crippen LogP contribution in [-0.2, 0) is 14.1 Å². The highest BCUT2D eigenvalue weighted by atomic mass is 16.6. The van der Waals surface area contributed by atoms with Crippen molar-refractivity contribution in [3.63, 3.8) is 0 Å². The van der Waals surface area contributed by atoms with Gasteiger partial charge in [0, 0.05) is 37.4 Å². The van der Waals surface area contributed by atoms with Crippen molar-refractivity contribution in [3.05, 3.63) is 91.2 Å². The van der Waals surface area contributed by atoms with Gasteiger partial charge in [-0.2, -0.15) is 0 Å². The van der Waals surface area contributed by atoms with Crippen LogP contribution in [0.5, 0.6) is 5.75 Å². The number of methoxy groups -OCH3 is 1. The van der Waals surface area contributed by atoms with Crippen LogP contribution in [0.15, 0.2) is 64.3 Å². The maximum Gasteiger partial charge on any atom is 0.330 e. The van der Waals surface area contributed by atoms with E-state index in [9.17, 15) is 24.5 Å². The number of aryl methyl sites for hydroxylation is 1. The number of carbonyl (C=O) groups excluding carboxylic acids is 1. The highest BCUT2D eigenvalue weighted by Crippen LogP contribution is 2.29. The van der Waals surface area contributed by atoms with Gasteiger partial charge in [0.2, 0.25) is 0 Å². The molecule has 0 saturated heterocycles. The summed E-state index contributed by atoms with van der Waals surface area (Å²) in [4.78, 5) is 49.1. The van der Waals surface area contributed by atoms with E-state index in [0.29, 0.717) is 16.9 Å². The van der Waals surface area contributed by atoms with E-state index in [1.54, 1.807) is 30.3 Å². The first-order valence-corrected chi connectivity index (χ1v) is 9.74. The van der Waals surface area contributed by atoms with Crippen LogP contribution in [0.4, 0.5) is 5.69 Å². The summed E-state index contributed by atoms with van der Waals surface area (Å²) in [5.74, 6) is 0.0838. The van der Waals surface area contributed by atoms with Gasteiger partial charge in [-0.25, -0.2) is 4.79 Å². The number of nitrogens with one attached hydrogen (secondary N) is 1. The molecule has 1 amide bonds. The third-order valence-electron chi connectivity index (χ3n) is 5.34. The minimum atomic E-state index is -0.591. The summed E-state index contributed by atoms with van der Waals surface area (Å²) >= 11 is 0. The summed E-state index contributed by atoms with van der Waals surface area (Å²) in [6, 6.07) is 12.1. The molecule has 0 aliphatic rings. The molecule has 0 unspecified atom stereocenters. The molecule has 0 aliphatic heterocycles. The number of amides is 1. The molecule has 168 valence electrons. The summed E-state index contributed by atoms with van der Waals surface area (Å²) in [5, 5.41) is 11.4. The van der Waals surface area contributed by atoms with Crippen molar-refractivity contribution in [2.24, 2.45) is 14.1 Å². The molecule has 0 saturated carbocycles. The molecule has 1 N–H and O–H groups in total. The van der Waals surface area contributed by atoms with Crippen molar-refractivity contribution in [1.29, 1.82) is 0 Å². The smallest absolute Gasteiger partial charge is 0.330 e. The summed E-state index contributed by atoms with van der Waals surface area (Å²) in [7, 11) is 4.35. The first kappa shape index (κ1) is 21.6. The Morgan fingerprint density at radius 3 is 2.39 bits per heavy atom. The van der Waals surface area contributed by atoms with E-state index in [1.807, 2.05) is 0 Å². The normalized spacial score (nSPS) is 10.9. The van der Waals surface area contributed by atoms with E-state index in [4.69, 9.17) is 4.74 Å². The number of non-ortho nitro benzene ring substituents is 1. The molecule has 0 atom stereocenters. The molecule has 2 aromatic heterocycles. The number of carbonyl (C=O) groups is 1. The highest BCUT2D eigenvalue weighted by molar-refractivity contribution is 6.02. The Bertz CT molecular complexity index is 1530. The van der Waals surface area contributed by atoms with Gasteiger partial charge in [0.1, 0.15) is 5.75 Å². The van der Waals surface area contributed by atoms with Crippen LogP contribution in [0.1, 0.15) is 10.4 Å². The van der Waals surface area contributed by atoms with Gasteiger partial charge >= 0.3 is 5.69 Å². The summed E-state index contributed by atoms with van der Waals surface area (Å²) in [6.07, 6.45) is 1.44. The predicted octanol–water partition coefficient (Wildman–Crippen LogP) is 2.01. The fraction of sp³-hybridized carbons (Fsp3) is 0.136. The van der Waals surface area contributed by atoms with Gasteiger partial charge in [-0.15, -0.1) is 0 Å². The van der Waals surface area contributed by atoms with Gasteiger partial charge in [0.05, 0.1) is 34.8 Å². The molecule has 4 rings (SSSR count). The number of nitro groups is 1. The lowest BCUT2D eigenvalue weighted by Crippen LogP contribution is -2.36. The number of hydrogen-bond donors (Lipinski definition) is 1. The maximum absolute atomic E-state index is 13.0. The summed E-state index contributed by atoms with van der Waals surface area (Å²) in [5.41, 5.74) is 2.50. The van der Waals surface area contributed by atoms with E-state index >= 15 is 0 Å². The Balaban J connectivity index is 1.95. The third kappa shape index (κ3) is 3.65. The Hall–Kier alpha value is -4.67. The molecular formula is C22H19N5O6. The van der Waals surface area contributed by atoms with Gasteiger partial charge in [0.15, 0.2) is 0 Å². The van der Waals surface area contributed by atoms with Crippen molar-refractivity contribution in [3.8, 4) is 17.0 Å². The molecule has 11 nitrogen and oxygen atoms in total. The SMILES string of the molecule is COc1ccc(C(=O)Nn2cc3c(c2-c2cccc([N+](=O)[O-])c2)c(=O)n(C)c(=O)n3C)cc1. The van der Waals surface area contributed by atoms with E-state index in [2.05, 4.69) is 5.43 Å². The molecule has 11 heteroatoms. The second-order valence-electron chi connectivity index (χ2n) is 7.29. The van der Waals surface area contributed by atoms with Crippen molar-refractivity contribution >= 4 is 22.5 Å². The second kappa shape index (κ2) is 8.11. The van der Waals surface area contributed by atoms with Crippen LogP contribution in [0.25, 0.3) is 22.2 Å². The molecule has 0 spiro atoms. The summed E-state index contributed by atoms with van der Waals surface area (Å²) in [6.45, 7) is 0. The van der Waals surface area contributed by atoms with E-state index in [-0.39, 0.29) is 22.3 Å². The standard InChI is InChI=1S/C22H19N5O6/c1-24-17-12-26(23-20(28)13-7-9-16(33-3)10-8-13)19(18(17)21(29)25(2)22(24)30)14-5-4-6-15(11-14)27(31)32/h4-12H,1-3H3,(H,23,28). The molecule has 2 heterocycles. The number of hydrogen-bond acceptors (Lipinski definition) is 6. The molecule has 4 aromatic rings. The minimum Gasteiger partial charge on any atom is -0.497 e. The molecule has 0 bridgehead atoms. The number of ether oxygens (including phenoxy) is 1. The predicted molar refractivity (Wildman–Crippen MR) is 121 cm³/mol. The lowest BCUT2D eigenvalue weighted by atomic mass is 10.1. The van der Waals surface area contributed by atoms with Gasteiger partial charge in [-0.3, -0.25) is 38.9 Å². The fourth-order valence-electron chi connectivity index (χ4n) is 3.60. The van der Waals surface area contributed by atoms with Crippen LogP contribution in [-0.4, -0.2) is 31.8 Å². The number of nitrogens with zero attached hydrogens (tertiary/aromatic N) is 4. The molecule has 0 aliphatic carbocycles. The number of aromatic nitrogens is 3. The minimum absolute atomic E-state index is 0.134. The van der Waals surface area contributed by atoms with E-state index in [1.165, 1.54) is 54.8 Å². The van der Waals surface area contributed by atoms with Crippen LogP contribution in [0, 0.1) is 10.1 Å². The number of nitro benzene ring substituents is 1.